The second-order valence-corrected chi connectivity index (χ2v) is 9.64. The molecular weight excluding hydrogens is 360 g/mol. The number of aldehydes is 1. The molecule has 1 N–H and O–H groups in total. The lowest BCUT2D eigenvalue weighted by atomic mass is 9.86. The van der Waals surface area contributed by atoms with E-state index in [0.717, 1.165) is 36.9 Å². The summed E-state index contributed by atoms with van der Waals surface area (Å²) in [5.74, 6) is 0.552. The van der Waals surface area contributed by atoms with E-state index in [1.807, 2.05) is 36.0 Å². The minimum Gasteiger partial charge on any atom is -0.332 e. The van der Waals surface area contributed by atoms with Crippen LogP contribution >= 0.6 is 11.8 Å². The second kappa shape index (κ2) is 8.05. The molecule has 0 radical (unpaired) electrons. The Morgan fingerprint density at radius 2 is 1.96 bits per heavy atom. The monoisotopic (exact) mass is 388 g/mol. The molecule has 0 bridgehead atoms. The number of urea groups is 1. The number of carbonyl (C=O) groups is 3. The third-order valence-corrected chi connectivity index (χ3v) is 6.91. The van der Waals surface area contributed by atoms with E-state index in [9.17, 15) is 14.4 Å². The lowest BCUT2D eigenvalue weighted by Crippen LogP contribution is -2.41. The summed E-state index contributed by atoms with van der Waals surface area (Å²) in [6.07, 6.45) is 4.36. The number of rotatable bonds is 6. The van der Waals surface area contributed by atoms with Crippen LogP contribution in [0.5, 0.6) is 0 Å². The van der Waals surface area contributed by atoms with Gasteiger partial charge in [0.15, 0.2) is 0 Å². The Labute approximate surface area is 165 Å². The van der Waals surface area contributed by atoms with Gasteiger partial charge in [-0.3, -0.25) is 9.69 Å². The van der Waals surface area contributed by atoms with Crippen molar-refractivity contribution in [3.8, 4) is 0 Å². The van der Waals surface area contributed by atoms with Gasteiger partial charge in [-0.05, 0) is 36.0 Å². The number of fused-ring (bicyclic) bond motifs is 1. The summed E-state index contributed by atoms with van der Waals surface area (Å²) >= 11 is 1.82. The topological polar surface area (TPSA) is 66.5 Å². The Bertz CT molecular complexity index is 711. The van der Waals surface area contributed by atoms with Crippen molar-refractivity contribution < 1.29 is 14.4 Å². The van der Waals surface area contributed by atoms with Crippen molar-refractivity contribution >= 4 is 30.0 Å². The van der Waals surface area contributed by atoms with Crippen LogP contribution in [0.25, 0.3) is 0 Å². The number of unbranched alkanes of at least 4 members (excludes halogenated alkanes) is 2. The first-order chi connectivity index (χ1) is 12.8. The summed E-state index contributed by atoms with van der Waals surface area (Å²) < 4.78 is 0. The van der Waals surface area contributed by atoms with Gasteiger partial charge in [0.05, 0.1) is 12.1 Å². The molecule has 2 fully saturated rings. The van der Waals surface area contributed by atoms with Crippen molar-refractivity contribution in [2.75, 3.05) is 5.75 Å². The zero-order valence-corrected chi connectivity index (χ0v) is 17.1. The molecule has 2 saturated heterocycles. The molecule has 0 unspecified atom stereocenters. The molecule has 6 heteroatoms. The van der Waals surface area contributed by atoms with Crippen LogP contribution in [0.3, 0.4) is 0 Å². The quantitative estimate of drug-likeness (QED) is 0.458. The number of nitrogens with one attached hydrogen (secondary N) is 1. The molecule has 0 aliphatic carbocycles. The fourth-order valence-corrected chi connectivity index (χ4v) is 5.39. The number of hydrogen-bond donors (Lipinski definition) is 1. The van der Waals surface area contributed by atoms with Crippen LogP contribution in [0.1, 0.15) is 62.4 Å². The van der Waals surface area contributed by atoms with Gasteiger partial charge < -0.3 is 10.1 Å². The van der Waals surface area contributed by atoms with Crippen LogP contribution in [0.2, 0.25) is 0 Å². The largest absolute Gasteiger partial charge is 0.332 e. The number of benzene rings is 1. The Balaban J connectivity index is 1.68. The molecule has 1 aromatic rings. The summed E-state index contributed by atoms with van der Waals surface area (Å²) in [6, 6.07) is 7.22. The molecule has 0 saturated carbocycles. The highest BCUT2D eigenvalue weighted by atomic mass is 32.2. The predicted molar refractivity (Wildman–Crippen MR) is 108 cm³/mol. The van der Waals surface area contributed by atoms with Gasteiger partial charge in [0.2, 0.25) is 0 Å². The molecule has 2 aliphatic heterocycles. The number of thioether (sulfide) groups is 1. The zero-order valence-electron chi connectivity index (χ0n) is 16.2. The number of imide groups is 1. The minimum atomic E-state index is -0.284. The second-order valence-electron chi connectivity index (χ2n) is 8.37. The van der Waals surface area contributed by atoms with E-state index in [1.54, 1.807) is 0 Å². The molecule has 27 heavy (non-hydrogen) atoms. The highest BCUT2D eigenvalue weighted by Crippen LogP contribution is 2.37. The highest BCUT2D eigenvalue weighted by Gasteiger charge is 2.50. The predicted octanol–water partition coefficient (Wildman–Crippen LogP) is 3.76. The molecule has 3 atom stereocenters. The minimum absolute atomic E-state index is 0.0107. The molecule has 3 rings (SSSR count). The van der Waals surface area contributed by atoms with Gasteiger partial charge in [-0.25, -0.2) is 4.79 Å². The lowest BCUT2D eigenvalue weighted by Gasteiger charge is -2.22. The number of hydrogen-bond acceptors (Lipinski definition) is 4. The molecular formula is C21H28N2O3S. The SMILES string of the molecule is CC(C)(C)c1ccc(C(=O)N2C(=O)N[C@@H]3[C@H](CCCCC=O)SC[C@@H]32)cc1. The van der Waals surface area contributed by atoms with Gasteiger partial charge in [-0.1, -0.05) is 39.3 Å². The number of nitrogens with zero attached hydrogens (tertiary/aromatic N) is 1. The fourth-order valence-electron chi connectivity index (χ4n) is 3.80. The summed E-state index contributed by atoms with van der Waals surface area (Å²) in [6.45, 7) is 6.40. The van der Waals surface area contributed by atoms with Crippen LogP contribution in [-0.4, -0.2) is 46.2 Å². The van der Waals surface area contributed by atoms with Crippen LogP contribution in [0.15, 0.2) is 24.3 Å². The summed E-state index contributed by atoms with van der Waals surface area (Å²) in [5, 5.41) is 3.33. The Morgan fingerprint density at radius 3 is 2.59 bits per heavy atom. The number of amides is 3. The number of carbonyl (C=O) groups excluding carboxylic acids is 3. The summed E-state index contributed by atoms with van der Waals surface area (Å²) in [7, 11) is 0. The van der Waals surface area contributed by atoms with Gasteiger partial charge in [-0.15, -0.1) is 0 Å². The summed E-state index contributed by atoms with van der Waals surface area (Å²) in [4.78, 5) is 37.3. The Kier molecular flexibility index (Phi) is 5.94. The first-order valence-corrected chi connectivity index (χ1v) is 10.7. The molecule has 1 aromatic carbocycles. The first kappa shape index (κ1) is 19.9. The first-order valence-electron chi connectivity index (χ1n) is 9.63. The van der Waals surface area contributed by atoms with Gasteiger partial charge in [0, 0.05) is 23.0 Å². The van der Waals surface area contributed by atoms with Crippen molar-refractivity contribution in [1.29, 1.82) is 0 Å². The van der Waals surface area contributed by atoms with Crippen molar-refractivity contribution in [3.63, 3.8) is 0 Å². The van der Waals surface area contributed by atoms with Gasteiger partial charge >= 0.3 is 6.03 Å². The standard InChI is InChI=1S/C21H28N2O3S/c1-21(2,3)15-10-8-14(9-11-15)19(25)23-16-13-27-17(7-5-4-6-12-24)18(16)22-20(23)26/h8-12,16-18H,4-7,13H2,1-3H3,(H,22,26)/t16-,17-,18-/m0/s1. The maximum atomic E-state index is 13.0. The van der Waals surface area contributed by atoms with Crippen molar-refractivity contribution in [1.82, 2.24) is 10.2 Å². The van der Waals surface area contributed by atoms with E-state index in [1.165, 1.54) is 4.90 Å². The average molecular weight is 389 g/mol. The van der Waals surface area contributed by atoms with Gasteiger partial charge in [0.1, 0.15) is 6.29 Å². The van der Waals surface area contributed by atoms with Crippen molar-refractivity contribution in [2.24, 2.45) is 0 Å². The Morgan fingerprint density at radius 1 is 1.26 bits per heavy atom. The van der Waals surface area contributed by atoms with Crippen molar-refractivity contribution in [2.45, 2.75) is 69.2 Å². The highest BCUT2D eigenvalue weighted by molar-refractivity contribution is 8.00. The van der Waals surface area contributed by atoms with Gasteiger partial charge in [-0.2, -0.15) is 11.8 Å². The zero-order chi connectivity index (χ0) is 19.6. The van der Waals surface area contributed by atoms with Crippen LogP contribution in [-0.2, 0) is 10.2 Å². The molecule has 2 heterocycles. The van der Waals surface area contributed by atoms with E-state index in [-0.39, 0.29) is 29.4 Å². The molecule has 146 valence electrons. The van der Waals surface area contributed by atoms with Crippen LogP contribution in [0.4, 0.5) is 4.79 Å². The van der Waals surface area contributed by atoms with E-state index >= 15 is 0 Å². The molecule has 0 spiro atoms. The van der Waals surface area contributed by atoms with Crippen LogP contribution < -0.4 is 5.32 Å². The maximum absolute atomic E-state index is 13.0. The molecule has 5 nitrogen and oxygen atoms in total. The normalized spacial score (nSPS) is 24.6. The van der Waals surface area contributed by atoms with Crippen LogP contribution in [0, 0.1) is 0 Å². The molecule has 3 amide bonds. The van der Waals surface area contributed by atoms with E-state index < -0.39 is 0 Å². The lowest BCUT2D eigenvalue weighted by molar-refractivity contribution is -0.107. The molecule has 2 aliphatic rings. The van der Waals surface area contributed by atoms with Gasteiger partial charge in [0.25, 0.3) is 5.91 Å². The fraction of sp³-hybridized carbons (Fsp3) is 0.571. The van der Waals surface area contributed by atoms with E-state index in [4.69, 9.17) is 0 Å². The summed E-state index contributed by atoms with van der Waals surface area (Å²) in [5.41, 5.74) is 1.74. The van der Waals surface area contributed by atoms with Crippen molar-refractivity contribution in [3.05, 3.63) is 35.4 Å². The average Bonchev–Trinajstić information content (AvgIpc) is 3.15. The third-order valence-electron chi connectivity index (χ3n) is 5.41. The Hall–Kier alpha value is -1.82. The molecule has 0 aromatic heterocycles. The third kappa shape index (κ3) is 4.21. The smallest absolute Gasteiger partial charge is 0.325 e. The van der Waals surface area contributed by atoms with E-state index in [2.05, 4.69) is 26.1 Å². The van der Waals surface area contributed by atoms with E-state index in [0.29, 0.717) is 17.2 Å². The maximum Gasteiger partial charge on any atom is 0.325 e.